The summed E-state index contributed by atoms with van der Waals surface area (Å²) in [7, 11) is 0. The first-order chi connectivity index (χ1) is 8.69. The molecule has 0 aliphatic heterocycles. The molecular weight excluding hydrogens is 250 g/mol. The molecule has 5 nitrogen and oxygen atoms in total. The maximum Gasteiger partial charge on any atom is 0.338 e. The van der Waals surface area contributed by atoms with Crippen molar-refractivity contribution in [2.75, 3.05) is 6.26 Å². The highest BCUT2D eigenvalue weighted by atomic mass is 32.2. The summed E-state index contributed by atoms with van der Waals surface area (Å²) in [5, 5.41) is 18.2. The second kappa shape index (κ2) is 4.94. The Morgan fingerprint density at radius 1 is 1.56 bits per heavy atom. The van der Waals surface area contributed by atoms with Crippen LogP contribution in [0.15, 0.2) is 35.5 Å². The van der Waals surface area contributed by atoms with Crippen molar-refractivity contribution < 1.29 is 9.90 Å². The van der Waals surface area contributed by atoms with Gasteiger partial charge < -0.3 is 5.11 Å². The van der Waals surface area contributed by atoms with Gasteiger partial charge in [0, 0.05) is 17.3 Å². The molecule has 0 unspecified atom stereocenters. The van der Waals surface area contributed by atoms with Gasteiger partial charge in [0.1, 0.15) is 6.07 Å². The SMILES string of the molecule is CSc1cccc(-n2ccnc2C#N)c1C(=O)O. The number of aromatic carboxylic acids is 1. The van der Waals surface area contributed by atoms with E-state index in [1.165, 1.54) is 22.5 Å². The Hall–Kier alpha value is -2.26. The van der Waals surface area contributed by atoms with E-state index < -0.39 is 5.97 Å². The van der Waals surface area contributed by atoms with Crippen LogP contribution in [-0.2, 0) is 0 Å². The zero-order valence-corrected chi connectivity index (χ0v) is 10.3. The topological polar surface area (TPSA) is 78.9 Å². The van der Waals surface area contributed by atoms with Crippen molar-refractivity contribution in [3.05, 3.63) is 42.0 Å². The van der Waals surface area contributed by atoms with E-state index >= 15 is 0 Å². The summed E-state index contributed by atoms with van der Waals surface area (Å²) in [6, 6.07) is 7.08. The lowest BCUT2D eigenvalue weighted by Crippen LogP contribution is -2.08. The Morgan fingerprint density at radius 2 is 2.33 bits per heavy atom. The summed E-state index contributed by atoms with van der Waals surface area (Å²) < 4.78 is 1.48. The Labute approximate surface area is 108 Å². The van der Waals surface area contributed by atoms with Crippen molar-refractivity contribution in [2.45, 2.75) is 4.90 Å². The van der Waals surface area contributed by atoms with Crippen molar-refractivity contribution in [3.8, 4) is 11.8 Å². The van der Waals surface area contributed by atoms with Crippen molar-refractivity contribution >= 4 is 17.7 Å². The van der Waals surface area contributed by atoms with Crippen LogP contribution in [0, 0.1) is 11.3 Å². The van der Waals surface area contributed by atoms with E-state index in [9.17, 15) is 9.90 Å². The third-order valence-corrected chi connectivity index (χ3v) is 3.22. The van der Waals surface area contributed by atoms with Crippen LogP contribution >= 0.6 is 11.8 Å². The van der Waals surface area contributed by atoms with E-state index in [1.54, 1.807) is 24.4 Å². The number of hydrogen-bond donors (Lipinski definition) is 1. The molecule has 0 fully saturated rings. The number of imidazole rings is 1. The van der Waals surface area contributed by atoms with E-state index in [4.69, 9.17) is 5.26 Å². The Bertz CT molecular complexity index is 643. The maximum absolute atomic E-state index is 11.4. The van der Waals surface area contributed by atoms with E-state index in [1.807, 2.05) is 12.3 Å². The summed E-state index contributed by atoms with van der Waals surface area (Å²) in [6.07, 6.45) is 4.85. The van der Waals surface area contributed by atoms with Crippen LogP contribution in [0.2, 0.25) is 0 Å². The molecule has 18 heavy (non-hydrogen) atoms. The Balaban J connectivity index is 2.72. The molecule has 2 rings (SSSR count). The summed E-state index contributed by atoms with van der Waals surface area (Å²) in [6.45, 7) is 0. The van der Waals surface area contributed by atoms with E-state index in [2.05, 4.69) is 4.98 Å². The lowest BCUT2D eigenvalue weighted by atomic mass is 10.1. The molecule has 1 aromatic carbocycles. The summed E-state index contributed by atoms with van der Waals surface area (Å²) in [4.78, 5) is 15.9. The molecule has 0 saturated carbocycles. The molecule has 0 aliphatic rings. The lowest BCUT2D eigenvalue weighted by Gasteiger charge is -2.11. The van der Waals surface area contributed by atoms with Crippen molar-refractivity contribution in [2.24, 2.45) is 0 Å². The van der Waals surface area contributed by atoms with Gasteiger partial charge in [0.25, 0.3) is 0 Å². The van der Waals surface area contributed by atoms with Crippen LogP contribution in [-0.4, -0.2) is 26.9 Å². The first-order valence-corrected chi connectivity index (χ1v) is 6.25. The minimum atomic E-state index is -1.02. The van der Waals surface area contributed by atoms with Gasteiger partial charge in [-0.1, -0.05) is 6.07 Å². The van der Waals surface area contributed by atoms with Crippen molar-refractivity contribution in [3.63, 3.8) is 0 Å². The van der Waals surface area contributed by atoms with Crippen LogP contribution < -0.4 is 0 Å². The van der Waals surface area contributed by atoms with Crippen LogP contribution in [0.4, 0.5) is 0 Å². The molecule has 0 aliphatic carbocycles. The Kier molecular flexibility index (Phi) is 3.35. The number of benzene rings is 1. The number of nitrogens with zero attached hydrogens (tertiary/aromatic N) is 3. The number of hydrogen-bond acceptors (Lipinski definition) is 4. The minimum Gasteiger partial charge on any atom is -0.478 e. The summed E-state index contributed by atoms with van der Waals surface area (Å²) in [5.74, 6) is -0.858. The Morgan fingerprint density at radius 3 is 2.94 bits per heavy atom. The molecule has 0 bridgehead atoms. The first-order valence-electron chi connectivity index (χ1n) is 5.03. The number of thioether (sulfide) groups is 1. The van der Waals surface area contributed by atoms with Gasteiger partial charge >= 0.3 is 5.97 Å². The number of carboxylic acids is 1. The van der Waals surface area contributed by atoms with Gasteiger partial charge in [-0.15, -0.1) is 11.8 Å². The highest BCUT2D eigenvalue weighted by Crippen LogP contribution is 2.26. The van der Waals surface area contributed by atoms with Crippen molar-refractivity contribution in [1.29, 1.82) is 5.26 Å². The van der Waals surface area contributed by atoms with E-state index in [-0.39, 0.29) is 11.4 Å². The van der Waals surface area contributed by atoms with Gasteiger partial charge in [-0.2, -0.15) is 5.26 Å². The molecule has 0 atom stereocenters. The maximum atomic E-state index is 11.4. The monoisotopic (exact) mass is 259 g/mol. The largest absolute Gasteiger partial charge is 0.478 e. The quantitative estimate of drug-likeness (QED) is 0.854. The molecule has 6 heteroatoms. The van der Waals surface area contributed by atoms with E-state index in [0.717, 1.165) is 0 Å². The van der Waals surface area contributed by atoms with Crippen LogP contribution in [0.5, 0.6) is 0 Å². The van der Waals surface area contributed by atoms with Gasteiger partial charge in [0.15, 0.2) is 0 Å². The minimum absolute atomic E-state index is 0.163. The normalized spacial score (nSPS) is 10.0. The predicted molar refractivity (Wildman–Crippen MR) is 67.0 cm³/mol. The number of rotatable bonds is 3. The fourth-order valence-electron chi connectivity index (χ4n) is 1.69. The van der Waals surface area contributed by atoms with Crippen molar-refractivity contribution in [1.82, 2.24) is 9.55 Å². The first kappa shape index (κ1) is 12.2. The lowest BCUT2D eigenvalue weighted by molar-refractivity contribution is 0.0693. The second-order valence-corrected chi connectivity index (χ2v) is 4.24. The third kappa shape index (κ3) is 1.96. The second-order valence-electron chi connectivity index (χ2n) is 3.39. The molecule has 0 amide bonds. The molecule has 90 valence electrons. The molecule has 0 spiro atoms. The highest BCUT2D eigenvalue weighted by Gasteiger charge is 2.17. The molecular formula is C12H9N3O2S. The van der Waals surface area contributed by atoms with E-state index in [0.29, 0.717) is 10.6 Å². The number of aromatic nitrogens is 2. The summed E-state index contributed by atoms with van der Waals surface area (Å²) >= 11 is 1.35. The molecule has 1 heterocycles. The molecule has 1 N–H and O–H groups in total. The zero-order chi connectivity index (χ0) is 13.1. The average Bonchev–Trinajstić information content (AvgIpc) is 2.85. The van der Waals surface area contributed by atoms with Gasteiger partial charge in [0.2, 0.25) is 5.82 Å². The number of carbonyl (C=O) groups is 1. The smallest absolute Gasteiger partial charge is 0.338 e. The molecule has 1 aromatic heterocycles. The van der Waals surface area contributed by atoms with Crippen LogP contribution in [0.3, 0.4) is 0 Å². The molecule has 0 radical (unpaired) electrons. The average molecular weight is 259 g/mol. The van der Waals surface area contributed by atoms with Gasteiger partial charge in [0.05, 0.1) is 11.3 Å². The summed E-state index contributed by atoms with van der Waals surface area (Å²) in [5.41, 5.74) is 0.628. The fourth-order valence-corrected chi connectivity index (χ4v) is 2.30. The third-order valence-electron chi connectivity index (χ3n) is 2.44. The predicted octanol–water partition coefficient (Wildman–Crippen LogP) is 2.16. The molecule has 2 aromatic rings. The standard InChI is InChI=1S/C12H9N3O2S/c1-18-9-4-2-3-8(11(9)12(16)17)15-6-5-14-10(15)7-13/h2-6H,1H3,(H,16,17). The van der Waals surface area contributed by atoms with Crippen LogP contribution in [0.1, 0.15) is 16.2 Å². The number of carboxylic acid groups (broad SMARTS) is 1. The van der Waals surface area contributed by atoms with Gasteiger partial charge in [-0.3, -0.25) is 4.57 Å². The zero-order valence-electron chi connectivity index (χ0n) is 9.49. The van der Waals surface area contributed by atoms with Gasteiger partial charge in [-0.25, -0.2) is 9.78 Å². The molecule has 0 saturated heterocycles. The van der Waals surface area contributed by atoms with Gasteiger partial charge in [-0.05, 0) is 18.4 Å². The number of nitriles is 1. The fraction of sp³-hybridized carbons (Fsp3) is 0.0833. The highest BCUT2D eigenvalue weighted by molar-refractivity contribution is 7.98. The van der Waals surface area contributed by atoms with Crippen LogP contribution in [0.25, 0.3) is 5.69 Å².